The van der Waals surface area contributed by atoms with Gasteiger partial charge in [0.25, 0.3) is 0 Å². The van der Waals surface area contributed by atoms with E-state index in [9.17, 15) is 4.79 Å². The molecule has 0 saturated carbocycles. The molecule has 0 aliphatic carbocycles. The quantitative estimate of drug-likeness (QED) is 0.946. The molecule has 0 aliphatic heterocycles. The van der Waals surface area contributed by atoms with Crippen LogP contribution in [0, 0.1) is 0 Å². The summed E-state index contributed by atoms with van der Waals surface area (Å²) >= 11 is 1.50. The molecule has 21 heavy (non-hydrogen) atoms. The average molecular weight is 308 g/mol. The number of carbonyl (C=O) groups is 1. The first-order valence-electron chi connectivity index (χ1n) is 6.68. The highest BCUT2D eigenvalue weighted by molar-refractivity contribution is 7.10. The van der Waals surface area contributed by atoms with Crippen LogP contribution in [0.15, 0.2) is 17.8 Å². The lowest BCUT2D eigenvalue weighted by Gasteiger charge is -2.21. The van der Waals surface area contributed by atoms with E-state index in [1.165, 1.54) is 11.3 Å². The minimum atomic E-state index is -0.506. The van der Waals surface area contributed by atoms with Crippen molar-refractivity contribution in [2.24, 2.45) is 7.05 Å². The Labute approximate surface area is 128 Å². The van der Waals surface area contributed by atoms with Crippen molar-refractivity contribution < 1.29 is 9.53 Å². The maximum Gasteiger partial charge on any atom is 0.408 e. The standard InChI is InChI=1S/C14H20N4O2S/c1-9(16-13(19)20-14(2,3)4)12-17-11(8-21-12)10-6-15-18(5)7-10/h6-9H,1-5H3,(H,16,19)/t9-/m0/s1. The van der Waals surface area contributed by atoms with E-state index < -0.39 is 11.7 Å². The largest absolute Gasteiger partial charge is 0.444 e. The Balaban J connectivity index is 2.02. The van der Waals surface area contributed by atoms with Gasteiger partial charge in [-0.15, -0.1) is 11.3 Å². The van der Waals surface area contributed by atoms with Crippen molar-refractivity contribution in [2.45, 2.75) is 39.3 Å². The number of carbonyl (C=O) groups excluding carboxylic acids is 1. The fourth-order valence-corrected chi connectivity index (χ4v) is 2.55. The zero-order chi connectivity index (χ0) is 15.6. The zero-order valence-electron chi connectivity index (χ0n) is 12.9. The fourth-order valence-electron chi connectivity index (χ4n) is 1.72. The van der Waals surface area contributed by atoms with E-state index in [1.54, 1.807) is 10.9 Å². The first-order valence-corrected chi connectivity index (χ1v) is 7.56. The van der Waals surface area contributed by atoms with Gasteiger partial charge in [0.05, 0.1) is 17.9 Å². The van der Waals surface area contributed by atoms with Gasteiger partial charge in [0, 0.05) is 24.2 Å². The van der Waals surface area contributed by atoms with Crippen molar-refractivity contribution in [3.8, 4) is 11.3 Å². The van der Waals surface area contributed by atoms with E-state index >= 15 is 0 Å². The number of hydrogen-bond acceptors (Lipinski definition) is 5. The summed E-state index contributed by atoms with van der Waals surface area (Å²) in [7, 11) is 1.86. The van der Waals surface area contributed by atoms with Crippen molar-refractivity contribution in [1.82, 2.24) is 20.1 Å². The second kappa shape index (κ2) is 5.85. The number of amides is 1. The molecule has 0 bridgehead atoms. The topological polar surface area (TPSA) is 69.0 Å². The van der Waals surface area contributed by atoms with Crippen molar-refractivity contribution in [3.05, 3.63) is 22.8 Å². The monoisotopic (exact) mass is 308 g/mol. The summed E-state index contributed by atoms with van der Waals surface area (Å²) in [4.78, 5) is 16.3. The summed E-state index contributed by atoms with van der Waals surface area (Å²) in [6.45, 7) is 7.39. The van der Waals surface area contributed by atoms with E-state index in [1.807, 2.05) is 46.3 Å². The molecule has 6 nitrogen and oxygen atoms in total. The molecule has 0 aliphatic rings. The van der Waals surface area contributed by atoms with Gasteiger partial charge in [0.2, 0.25) is 0 Å². The number of ether oxygens (including phenoxy) is 1. The second-order valence-corrected chi connectivity index (χ2v) is 6.73. The third-order valence-corrected chi connectivity index (χ3v) is 3.65. The van der Waals surface area contributed by atoms with Crippen LogP contribution in [0.2, 0.25) is 0 Å². The van der Waals surface area contributed by atoms with Gasteiger partial charge in [0.1, 0.15) is 10.6 Å². The SMILES string of the molecule is C[C@H](NC(=O)OC(C)(C)C)c1nc(-c2cnn(C)c2)cs1. The molecule has 0 spiro atoms. The minimum Gasteiger partial charge on any atom is -0.444 e. The normalized spacial score (nSPS) is 13.0. The number of nitrogens with one attached hydrogen (secondary N) is 1. The lowest BCUT2D eigenvalue weighted by molar-refractivity contribution is 0.0508. The number of rotatable bonds is 3. The maximum absolute atomic E-state index is 11.8. The lowest BCUT2D eigenvalue weighted by atomic mass is 10.2. The molecule has 2 heterocycles. The van der Waals surface area contributed by atoms with Gasteiger partial charge in [-0.1, -0.05) is 0 Å². The highest BCUT2D eigenvalue weighted by atomic mass is 32.1. The molecule has 114 valence electrons. The zero-order valence-corrected chi connectivity index (χ0v) is 13.7. The predicted octanol–water partition coefficient (Wildman–Crippen LogP) is 3.13. The number of nitrogens with zero attached hydrogens (tertiary/aromatic N) is 3. The van der Waals surface area contributed by atoms with Crippen LogP contribution in [0.5, 0.6) is 0 Å². The Morgan fingerprint density at radius 1 is 1.48 bits per heavy atom. The summed E-state index contributed by atoms with van der Waals surface area (Å²) in [6, 6.07) is -0.199. The highest BCUT2D eigenvalue weighted by Crippen LogP contribution is 2.25. The third kappa shape index (κ3) is 4.29. The van der Waals surface area contributed by atoms with E-state index in [4.69, 9.17) is 4.74 Å². The Morgan fingerprint density at radius 2 is 2.19 bits per heavy atom. The van der Waals surface area contributed by atoms with Crippen LogP contribution >= 0.6 is 11.3 Å². The van der Waals surface area contributed by atoms with Gasteiger partial charge in [-0.2, -0.15) is 5.10 Å². The Hall–Kier alpha value is -1.89. The minimum absolute atomic E-state index is 0.199. The van der Waals surface area contributed by atoms with Crippen molar-refractivity contribution in [1.29, 1.82) is 0 Å². The molecule has 0 aromatic carbocycles. The van der Waals surface area contributed by atoms with Gasteiger partial charge in [-0.25, -0.2) is 9.78 Å². The summed E-state index contributed by atoms with van der Waals surface area (Å²) in [5.74, 6) is 0. The molecule has 0 fully saturated rings. The van der Waals surface area contributed by atoms with Crippen LogP contribution < -0.4 is 5.32 Å². The molecule has 1 atom stereocenters. The molecule has 0 unspecified atom stereocenters. The van der Waals surface area contributed by atoms with Crippen molar-refractivity contribution in [3.63, 3.8) is 0 Å². The molecule has 0 saturated heterocycles. The van der Waals surface area contributed by atoms with Gasteiger partial charge < -0.3 is 10.1 Å². The molecule has 2 aromatic heterocycles. The average Bonchev–Trinajstić information content (AvgIpc) is 2.93. The van der Waals surface area contributed by atoms with Crippen LogP contribution in [0.1, 0.15) is 38.7 Å². The number of hydrogen-bond donors (Lipinski definition) is 1. The molecule has 1 amide bonds. The summed E-state index contributed by atoms with van der Waals surface area (Å²) in [5, 5.41) is 9.71. The first kappa shape index (κ1) is 15.5. The molecule has 2 aromatic rings. The van der Waals surface area contributed by atoms with Gasteiger partial charge in [-0.3, -0.25) is 4.68 Å². The second-order valence-electron chi connectivity index (χ2n) is 5.84. The van der Waals surface area contributed by atoms with Crippen LogP contribution in [-0.2, 0) is 11.8 Å². The van der Waals surface area contributed by atoms with Crippen LogP contribution in [0.25, 0.3) is 11.3 Å². The first-order chi connectivity index (χ1) is 9.74. The molecule has 1 N–H and O–H groups in total. The lowest BCUT2D eigenvalue weighted by Crippen LogP contribution is -2.34. The van der Waals surface area contributed by atoms with E-state index in [0.717, 1.165) is 16.3 Å². The summed E-state index contributed by atoms with van der Waals surface area (Å²) < 4.78 is 6.97. The van der Waals surface area contributed by atoms with Crippen molar-refractivity contribution >= 4 is 17.4 Å². The number of aromatic nitrogens is 3. The van der Waals surface area contributed by atoms with E-state index in [0.29, 0.717) is 0 Å². The highest BCUT2D eigenvalue weighted by Gasteiger charge is 2.20. The van der Waals surface area contributed by atoms with Gasteiger partial charge in [-0.05, 0) is 27.7 Å². The number of thiazole rings is 1. The van der Waals surface area contributed by atoms with E-state index in [-0.39, 0.29) is 6.04 Å². The molecular weight excluding hydrogens is 288 g/mol. The third-order valence-electron chi connectivity index (χ3n) is 2.63. The maximum atomic E-state index is 11.8. The molecule has 7 heteroatoms. The van der Waals surface area contributed by atoms with E-state index in [2.05, 4.69) is 15.4 Å². The predicted molar refractivity (Wildman–Crippen MR) is 82.1 cm³/mol. The Kier molecular flexibility index (Phi) is 4.32. The summed E-state index contributed by atoms with van der Waals surface area (Å²) in [6.07, 6.45) is 3.24. The Bertz CT molecular complexity index is 627. The number of aryl methyl sites for hydroxylation is 1. The fraction of sp³-hybridized carbons (Fsp3) is 0.500. The Morgan fingerprint density at radius 3 is 2.76 bits per heavy atom. The van der Waals surface area contributed by atoms with Crippen molar-refractivity contribution in [2.75, 3.05) is 0 Å². The van der Waals surface area contributed by atoms with Crippen LogP contribution in [0.4, 0.5) is 4.79 Å². The van der Waals surface area contributed by atoms with Crippen LogP contribution in [-0.4, -0.2) is 26.5 Å². The smallest absolute Gasteiger partial charge is 0.408 e. The van der Waals surface area contributed by atoms with Gasteiger partial charge >= 0.3 is 6.09 Å². The molecule has 2 rings (SSSR count). The molecular formula is C14H20N4O2S. The van der Waals surface area contributed by atoms with Gasteiger partial charge in [0.15, 0.2) is 0 Å². The summed E-state index contributed by atoms with van der Waals surface area (Å²) in [5.41, 5.74) is 1.32. The van der Waals surface area contributed by atoms with Crippen LogP contribution in [0.3, 0.4) is 0 Å². The number of alkyl carbamates (subject to hydrolysis) is 1. The molecule has 0 radical (unpaired) electrons.